The molecule has 2 rings (SSSR count). The maximum Gasteiger partial charge on any atom is 0.234 e. The van der Waals surface area contributed by atoms with Crippen molar-refractivity contribution < 1.29 is 19.3 Å². The topological polar surface area (TPSA) is 93.1 Å². The Bertz CT molecular complexity index is 670. The smallest absolute Gasteiger partial charge is 0.234 e. The summed E-state index contributed by atoms with van der Waals surface area (Å²) in [6.07, 6.45) is 0. The fourth-order valence-electron chi connectivity index (χ4n) is 2.51. The highest BCUT2D eigenvalue weighted by Crippen LogP contribution is 2.22. The number of hydrogen-bond acceptors (Lipinski definition) is 9. The monoisotopic (exact) mass is 377 g/mol. The lowest BCUT2D eigenvalue weighted by atomic mass is 10.1. The number of rotatable bonds is 11. The van der Waals surface area contributed by atoms with Gasteiger partial charge in [0.2, 0.25) is 11.9 Å². The van der Waals surface area contributed by atoms with Crippen LogP contribution in [0.3, 0.4) is 0 Å². The predicted molar refractivity (Wildman–Crippen MR) is 103 cm³/mol. The summed E-state index contributed by atoms with van der Waals surface area (Å²) in [6, 6.07) is 7.92. The van der Waals surface area contributed by atoms with E-state index in [9.17, 15) is 5.11 Å². The third kappa shape index (κ3) is 5.83. The van der Waals surface area contributed by atoms with Crippen LogP contribution in [0.5, 0.6) is 0 Å². The summed E-state index contributed by atoms with van der Waals surface area (Å²) < 4.78 is 15.7. The molecule has 0 atom stereocenters. The molecular weight excluding hydrogens is 350 g/mol. The van der Waals surface area contributed by atoms with E-state index in [-0.39, 0.29) is 26.8 Å². The van der Waals surface area contributed by atoms with Gasteiger partial charge in [0.05, 0.1) is 6.61 Å². The summed E-state index contributed by atoms with van der Waals surface area (Å²) in [4.78, 5) is 17.2. The summed E-state index contributed by atoms with van der Waals surface area (Å²) in [6.45, 7) is 3.05. The third-order valence-electron chi connectivity index (χ3n) is 3.68. The molecule has 1 aromatic carbocycles. The quantitative estimate of drug-likeness (QED) is 0.581. The van der Waals surface area contributed by atoms with E-state index in [0.717, 1.165) is 11.1 Å². The van der Waals surface area contributed by atoms with E-state index in [4.69, 9.17) is 14.2 Å². The Morgan fingerprint density at radius 2 is 1.48 bits per heavy atom. The van der Waals surface area contributed by atoms with E-state index in [2.05, 4.69) is 15.0 Å². The molecule has 0 fully saturated rings. The van der Waals surface area contributed by atoms with Gasteiger partial charge in [0.25, 0.3) is 0 Å². The van der Waals surface area contributed by atoms with Gasteiger partial charge in [-0.3, -0.25) is 4.90 Å². The molecule has 9 heteroatoms. The van der Waals surface area contributed by atoms with Gasteiger partial charge in [-0.1, -0.05) is 23.8 Å². The Morgan fingerprint density at radius 3 is 2.04 bits per heavy atom. The molecule has 0 radical (unpaired) electrons. The first-order valence-corrected chi connectivity index (χ1v) is 8.53. The van der Waals surface area contributed by atoms with Crippen LogP contribution in [0.15, 0.2) is 24.3 Å². The SMILES string of the molecule is COCN(CCO)c1nc(-c2cccc(C)c2)nc(N(COC)COC)n1. The minimum atomic E-state index is -0.0516. The summed E-state index contributed by atoms with van der Waals surface area (Å²) >= 11 is 0. The number of aryl methyl sites for hydroxylation is 1. The zero-order valence-electron chi connectivity index (χ0n) is 16.3. The second-order valence-corrected chi connectivity index (χ2v) is 5.91. The average molecular weight is 377 g/mol. The van der Waals surface area contributed by atoms with Crippen molar-refractivity contribution in [1.29, 1.82) is 0 Å². The van der Waals surface area contributed by atoms with E-state index in [0.29, 0.717) is 24.3 Å². The summed E-state index contributed by atoms with van der Waals surface area (Å²) in [5.74, 6) is 1.35. The largest absolute Gasteiger partial charge is 0.395 e. The standard InChI is InChI=1S/C18H27N5O4/c1-14-6-5-7-15(10-14)16-19-17(22(8-9-24)11-25-2)21-18(20-16)23(12-26-3)13-27-4/h5-7,10,24H,8-9,11-13H2,1-4H3. The molecule has 0 saturated carbocycles. The number of methoxy groups -OCH3 is 3. The minimum absolute atomic E-state index is 0.0516. The van der Waals surface area contributed by atoms with Crippen LogP contribution in [0.2, 0.25) is 0 Å². The molecule has 2 aromatic rings. The Balaban J connectivity index is 2.54. The number of hydrogen-bond donors (Lipinski definition) is 1. The van der Waals surface area contributed by atoms with Crippen molar-refractivity contribution in [1.82, 2.24) is 15.0 Å². The number of aliphatic hydroxyl groups is 1. The van der Waals surface area contributed by atoms with Crippen LogP contribution < -0.4 is 9.80 Å². The molecule has 0 aliphatic carbocycles. The Morgan fingerprint density at radius 1 is 0.889 bits per heavy atom. The van der Waals surface area contributed by atoms with E-state index in [1.807, 2.05) is 31.2 Å². The number of nitrogens with zero attached hydrogens (tertiary/aromatic N) is 5. The molecule has 0 bridgehead atoms. The van der Waals surface area contributed by atoms with Crippen LogP contribution in [0.25, 0.3) is 11.4 Å². The number of aliphatic hydroxyl groups excluding tert-OH is 1. The lowest BCUT2D eigenvalue weighted by Gasteiger charge is -2.25. The molecule has 0 aliphatic rings. The maximum absolute atomic E-state index is 9.38. The van der Waals surface area contributed by atoms with Crippen LogP contribution in [0, 0.1) is 6.92 Å². The molecule has 1 aromatic heterocycles. The molecule has 0 spiro atoms. The molecule has 9 nitrogen and oxygen atoms in total. The minimum Gasteiger partial charge on any atom is -0.395 e. The van der Waals surface area contributed by atoms with E-state index < -0.39 is 0 Å². The van der Waals surface area contributed by atoms with Crippen molar-refractivity contribution >= 4 is 11.9 Å². The normalized spacial score (nSPS) is 10.9. The highest BCUT2D eigenvalue weighted by atomic mass is 16.5. The van der Waals surface area contributed by atoms with Crippen molar-refractivity contribution in [2.45, 2.75) is 6.92 Å². The van der Waals surface area contributed by atoms with Gasteiger partial charge in [-0.05, 0) is 13.0 Å². The van der Waals surface area contributed by atoms with Crippen molar-refractivity contribution in [2.75, 3.05) is 64.5 Å². The molecule has 1 N–H and O–H groups in total. The average Bonchev–Trinajstić information content (AvgIpc) is 2.67. The van der Waals surface area contributed by atoms with Gasteiger partial charge in [0, 0.05) is 33.4 Å². The molecule has 0 amide bonds. The zero-order chi connectivity index (χ0) is 19.6. The van der Waals surface area contributed by atoms with Crippen LogP contribution in [-0.2, 0) is 14.2 Å². The van der Waals surface area contributed by atoms with E-state index in [1.165, 1.54) is 0 Å². The molecule has 1 heterocycles. The Hall–Kier alpha value is -2.33. The summed E-state index contributed by atoms with van der Waals surface area (Å²) in [7, 11) is 4.76. The third-order valence-corrected chi connectivity index (χ3v) is 3.68. The first-order chi connectivity index (χ1) is 13.1. The molecule has 0 aliphatic heterocycles. The maximum atomic E-state index is 9.38. The summed E-state index contributed by atoms with van der Waals surface area (Å²) in [5.41, 5.74) is 1.97. The number of anilines is 2. The van der Waals surface area contributed by atoms with Gasteiger partial charge >= 0.3 is 0 Å². The first-order valence-electron chi connectivity index (χ1n) is 8.53. The highest BCUT2D eigenvalue weighted by Gasteiger charge is 2.18. The van der Waals surface area contributed by atoms with Crippen LogP contribution in [0.1, 0.15) is 5.56 Å². The van der Waals surface area contributed by atoms with Gasteiger partial charge < -0.3 is 24.2 Å². The Kier molecular flexibility index (Phi) is 8.34. The molecule has 148 valence electrons. The molecular formula is C18H27N5O4. The van der Waals surface area contributed by atoms with Crippen LogP contribution in [-0.4, -0.2) is 74.7 Å². The van der Waals surface area contributed by atoms with Gasteiger partial charge in [-0.15, -0.1) is 0 Å². The number of aromatic nitrogens is 3. The van der Waals surface area contributed by atoms with Crippen LogP contribution >= 0.6 is 0 Å². The van der Waals surface area contributed by atoms with Gasteiger partial charge in [0.15, 0.2) is 5.82 Å². The molecule has 27 heavy (non-hydrogen) atoms. The number of ether oxygens (including phenoxy) is 3. The number of benzene rings is 1. The predicted octanol–water partition coefficient (Wildman–Crippen LogP) is 1.26. The van der Waals surface area contributed by atoms with Gasteiger partial charge in [-0.25, -0.2) is 0 Å². The van der Waals surface area contributed by atoms with Crippen molar-refractivity contribution in [3.05, 3.63) is 29.8 Å². The van der Waals surface area contributed by atoms with Gasteiger partial charge in [-0.2, -0.15) is 15.0 Å². The van der Waals surface area contributed by atoms with Crippen molar-refractivity contribution in [3.8, 4) is 11.4 Å². The second kappa shape index (κ2) is 10.7. The molecule has 0 saturated heterocycles. The zero-order valence-corrected chi connectivity index (χ0v) is 16.3. The lowest BCUT2D eigenvalue weighted by molar-refractivity contribution is 0.138. The second-order valence-electron chi connectivity index (χ2n) is 5.91. The fraction of sp³-hybridized carbons (Fsp3) is 0.500. The molecule has 0 unspecified atom stereocenters. The van der Waals surface area contributed by atoms with E-state index >= 15 is 0 Å². The van der Waals surface area contributed by atoms with Crippen molar-refractivity contribution in [3.63, 3.8) is 0 Å². The lowest BCUT2D eigenvalue weighted by Crippen LogP contribution is -2.33. The van der Waals surface area contributed by atoms with E-state index in [1.54, 1.807) is 31.1 Å². The Labute approximate surface area is 159 Å². The van der Waals surface area contributed by atoms with Crippen LogP contribution in [0.4, 0.5) is 11.9 Å². The van der Waals surface area contributed by atoms with Gasteiger partial charge in [0.1, 0.15) is 20.2 Å². The fourth-order valence-corrected chi connectivity index (χ4v) is 2.51. The first kappa shape index (κ1) is 21.0. The summed E-state index contributed by atoms with van der Waals surface area (Å²) in [5, 5.41) is 9.38. The van der Waals surface area contributed by atoms with Crippen molar-refractivity contribution in [2.24, 2.45) is 0 Å². The highest BCUT2D eigenvalue weighted by molar-refractivity contribution is 5.59.